The summed E-state index contributed by atoms with van der Waals surface area (Å²) < 4.78 is 39.9. The molecule has 1 aliphatic carbocycles. The fourth-order valence-electron chi connectivity index (χ4n) is 10.1. The van der Waals surface area contributed by atoms with E-state index in [2.05, 4.69) is 21.2 Å². The summed E-state index contributed by atoms with van der Waals surface area (Å²) in [7, 11) is 0. The van der Waals surface area contributed by atoms with E-state index in [-0.39, 0.29) is 41.5 Å². The fourth-order valence-corrected chi connectivity index (χ4v) is 10.1. The maximum Gasteiger partial charge on any atom is 0.319 e. The topological polar surface area (TPSA) is 95.8 Å². The molecule has 5 atom stereocenters. The molecule has 2 bridgehead atoms. The Bertz CT molecular complexity index is 2050. The number of hydrogen-bond donors (Lipinski definition) is 2. The van der Waals surface area contributed by atoms with Crippen molar-refractivity contribution >= 4 is 27.6 Å². The van der Waals surface area contributed by atoms with Gasteiger partial charge in [-0.25, -0.2) is 8.78 Å². The summed E-state index contributed by atoms with van der Waals surface area (Å²) in [6.45, 7) is 2.57. The Hall–Kier alpha value is -3.83. The number of aromatic nitrogens is 3. The molecule has 0 amide bonds. The fraction of sp³-hybridized carbons (Fsp3) is 0.528. The van der Waals surface area contributed by atoms with Crippen LogP contribution in [0.15, 0.2) is 29.1 Å². The van der Waals surface area contributed by atoms with Crippen LogP contribution in [0.2, 0.25) is 0 Å². The molecular formula is C36H38F2N6O3. The molecule has 6 aliphatic rings. The molecule has 4 fully saturated rings. The van der Waals surface area contributed by atoms with E-state index in [1.165, 1.54) is 11.6 Å². The summed E-state index contributed by atoms with van der Waals surface area (Å²) in [6.07, 6.45) is 6.89. The minimum atomic E-state index is -0.897. The lowest BCUT2D eigenvalue weighted by Crippen LogP contribution is -2.58. The molecule has 244 valence electrons. The molecule has 11 heteroatoms. The highest BCUT2D eigenvalue weighted by molar-refractivity contribution is 6.03. The van der Waals surface area contributed by atoms with Crippen molar-refractivity contribution in [3.8, 4) is 22.9 Å². The average molecular weight is 641 g/mol. The second kappa shape index (κ2) is 10.1. The van der Waals surface area contributed by atoms with E-state index in [9.17, 15) is 14.3 Å². The van der Waals surface area contributed by atoms with Crippen LogP contribution in [-0.4, -0.2) is 80.6 Å². The van der Waals surface area contributed by atoms with Gasteiger partial charge in [0.15, 0.2) is 11.6 Å². The lowest BCUT2D eigenvalue weighted by atomic mass is 9.92. The molecule has 4 aromatic rings. The van der Waals surface area contributed by atoms with Crippen LogP contribution in [0.25, 0.3) is 32.9 Å². The normalized spacial score (nSPS) is 29.4. The van der Waals surface area contributed by atoms with Gasteiger partial charge in [-0.1, -0.05) is 12.1 Å². The number of fused-ring (bicyclic) bond motifs is 9. The van der Waals surface area contributed by atoms with Gasteiger partial charge >= 0.3 is 6.01 Å². The number of nitrogens with one attached hydrogen (secondary N) is 1. The largest absolute Gasteiger partial charge is 0.508 e. The molecule has 0 saturated carbocycles. The maximum absolute atomic E-state index is 17.3. The Labute approximate surface area is 270 Å². The van der Waals surface area contributed by atoms with Crippen LogP contribution in [0.1, 0.15) is 56.1 Å². The van der Waals surface area contributed by atoms with Crippen molar-refractivity contribution < 1.29 is 18.6 Å². The van der Waals surface area contributed by atoms with Crippen molar-refractivity contribution in [1.82, 2.24) is 24.8 Å². The zero-order valence-corrected chi connectivity index (χ0v) is 26.3. The van der Waals surface area contributed by atoms with Gasteiger partial charge in [-0.15, -0.1) is 0 Å². The number of anilines is 1. The smallest absolute Gasteiger partial charge is 0.319 e. The predicted octanol–water partition coefficient (Wildman–Crippen LogP) is 4.61. The van der Waals surface area contributed by atoms with Crippen molar-refractivity contribution in [3.63, 3.8) is 0 Å². The van der Waals surface area contributed by atoms with Crippen LogP contribution in [-0.2, 0) is 19.4 Å². The summed E-state index contributed by atoms with van der Waals surface area (Å²) in [6, 6.07) is 7.93. The van der Waals surface area contributed by atoms with Gasteiger partial charge in [0.2, 0.25) is 0 Å². The third-order valence-electron chi connectivity index (χ3n) is 12.2. The highest BCUT2D eigenvalue weighted by atomic mass is 19.1. The van der Waals surface area contributed by atoms with E-state index in [4.69, 9.17) is 14.7 Å². The first-order chi connectivity index (χ1) is 22.9. The summed E-state index contributed by atoms with van der Waals surface area (Å²) in [5.41, 5.74) is 2.23. The second-order valence-electron chi connectivity index (χ2n) is 14.7. The first kappa shape index (κ1) is 28.2. The van der Waals surface area contributed by atoms with Crippen molar-refractivity contribution in [2.45, 2.75) is 94.2 Å². The number of halogens is 2. The van der Waals surface area contributed by atoms with Crippen molar-refractivity contribution in [2.75, 3.05) is 31.1 Å². The molecule has 7 heterocycles. The molecule has 2 aromatic heterocycles. The number of nitrogens with zero attached hydrogens (tertiary/aromatic N) is 5. The highest BCUT2D eigenvalue weighted by Gasteiger charge is 2.50. The van der Waals surface area contributed by atoms with Gasteiger partial charge in [0.05, 0.1) is 11.1 Å². The van der Waals surface area contributed by atoms with Gasteiger partial charge < -0.3 is 24.6 Å². The molecule has 5 aliphatic heterocycles. The van der Waals surface area contributed by atoms with Crippen LogP contribution in [0.4, 0.5) is 14.6 Å². The lowest BCUT2D eigenvalue weighted by molar-refractivity contribution is 0.107. The molecule has 4 saturated heterocycles. The highest BCUT2D eigenvalue weighted by Crippen LogP contribution is 2.44. The quantitative estimate of drug-likeness (QED) is 0.334. The minimum Gasteiger partial charge on any atom is -0.508 e. The molecule has 2 aromatic carbocycles. The molecule has 47 heavy (non-hydrogen) atoms. The molecule has 0 spiro atoms. The van der Waals surface area contributed by atoms with Gasteiger partial charge in [-0.3, -0.25) is 9.69 Å². The molecule has 2 N–H and O–H groups in total. The lowest BCUT2D eigenvalue weighted by Gasteiger charge is -2.41. The number of benzene rings is 2. The van der Waals surface area contributed by atoms with Crippen LogP contribution < -0.4 is 20.5 Å². The van der Waals surface area contributed by atoms with E-state index in [0.29, 0.717) is 55.4 Å². The van der Waals surface area contributed by atoms with E-state index in [0.717, 1.165) is 67.8 Å². The minimum absolute atomic E-state index is 0.0186. The number of aromatic hydroxyl groups is 1. The molecular weight excluding hydrogens is 602 g/mol. The van der Waals surface area contributed by atoms with E-state index < -0.39 is 23.1 Å². The third kappa shape index (κ3) is 4.08. The summed E-state index contributed by atoms with van der Waals surface area (Å²) in [5, 5.41) is 16.2. The number of phenols is 1. The summed E-state index contributed by atoms with van der Waals surface area (Å²) >= 11 is 0. The number of ether oxygens (including phenoxy) is 1. The third-order valence-corrected chi connectivity index (χ3v) is 12.2. The number of hydrogen-bond acceptors (Lipinski definition) is 8. The van der Waals surface area contributed by atoms with Gasteiger partial charge in [-0.2, -0.15) is 9.97 Å². The average Bonchev–Trinajstić information content (AvgIpc) is 3.82. The van der Waals surface area contributed by atoms with Crippen LogP contribution in [0.5, 0.6) is 11.8 Å². The standard InChI is InChI=1S/C36H38F2N6O3/c37-21-15-36(10-2-11-42(36)16-21)18-47-35-40-31-30(38)29(25-14-23(45)13-20-6-5-19-3-1-4-24(19)28(20)25)34(46)43-12-9-27-26-8-7-22(39-26)17-44(27)33(41-35)32(31)43/h5-6,13-14,21-22,26-27,39,45H,1-4,7-12,15-18H2/t21-,22?,26?,27?,36+/m1/s1. The SMILES string of the molecule is O=c1c(-c2cc(O)cc3ccc4c(c23)CCC4)c(F)c2nc(OC[C@@]34CCCN3C[C@H](F)C4)nc3c2n1CCC1C2CCC(CN31)N2. The number of rotatable bonds is 4. The van der Waals surface area contributed by atoms with Crippen LogP contribution in [0, 0.1) is 5.82 Å². The molecule has 0 radical (unpaired) electrons. The molecule has 10 rings (SSSR count). The van der Waals surface area contributed by atoms with Gasteiger partial charge in [0, 0.05) is 49.7 Å². The summed E-state index contributed by atoms with van der Waals surface area (Å²) in [5.74, 6) is -0.209. The van der Waals surface area contributed by atoms with E-state index >= 15 is 4.39 Å². The number of aryl methyl sites for hydroxylation is 3. The zero-order valence-electron chi connectivity index (χ0n) is 26.3. The molecule has 9 nitrogen and oxygen atoms in total. The van der Waals surface area contributed by atoms with Crippen molar-refractivity contribution in [1.29, 1.82) is 0 Å². The number of alkyl halides is 1. The van der Waals surface area contributed by atoms with Crippen LogP contribution >= 0.6 is 0 Å². The number of pyridine rings is 1. The van der Waals surface area contributed by atoms with E-state index in [1.54, 1.807) is 10.6 Å². The van der Waals surface area contributed by atoms with Gasteiger partial charge in [-0.05, 0) is 91.9 Å². The van der Waals surface area contributed by atoms with Gasteiger partial charge in [0.1, 0.15) is 29.6 Å². The molecule has 3 unspecified atom stereocenters. The Morgan fingerprint density at radius 3 is 2.91 bits per heavy atom. The zero-order chi connectivity index (χ0) is 31.6. The summed E-state index contributed by atoms with van der Waals surface area (Å²) in [4.78, 5) is 28.7. The first-order valence-corrected chi connectivity index (χ1v) is 17.3. The van der Waals surface area contributed by atoms with Crippen molar-refractivity contribution in [2.24, 2.45) is 0 Å². The Balaban J connectivity index is 1.19. The van der Waals surface area contributed by atoms with Crippen LogP contribution in [0.3, 0.4) is 0 Å². The number of phenolic OH excluding ortho intramolecular Hbond substituents is 1. The Kier molecular flexibility index (Phi) is 6.05. The first-order valence-electron chi connectivity index (χ1n) is 17.3. The second-order valence-corrected chi connectivity index (χ2v) is 14.7. The Morgan fingerprint density at radius 2 is 2.00 bits per heavy atom. The van der Waals surface area contributed by atoms with Crippen molar-refractivity contribution in [3.05, 3.63) is 51.6 Å². The number of piperazine rings is 1. The maximum atomic E-state index is 17.3. The van der Waals surface area contributed by atoms with E-state index in [1.807, 2.05) is 6.07 Å². The Morgan fingerprint density at radius 1 is 1.09 bits per heavy atom. The monoisotopic (exact) mass is 640 g/mol. The predicted molar refractivity (Wildman–Crippen MR) is 175 cm³/mol. The van der Waals surface area contributed by atoms with Gasteiger partial charge in [0.25, 0.3) is 5.56 Å².